The molecule has 6 nitrogen and oxygen atoms in total. The summed E-state index contributed by atoms with van der Waals surface area (Å²) >= 11 is 1.64. The number of methoxy groups -OCH3 is 1. The number of piperazine rings is 1. The molecule has 4 rings (SSSR count). The molecule has 2 aromatic heterocycles. The molecule has 32 heavy (non-hydrogen) atoms. The van der Waals surface area contributed by atoms with E-state index in [1.54, 1.807) is 18.4 Å². The van der Waals surface area contributed by atoms with Crippen molar-refractivity contribution in [3.8, 4) is 5.75 Å². The van der Waals surface area contributed by atoms with Gasteiger partial charge < -0.3 is 19.1 Å². The molecule has 0 bridgehead atoms. The summed E-state index contributed by atoms with van der Waals surface area (Å²) in [5.74, 6) is 0.961. The van der Waals surface area contributed by atoms with Crippen LogP contribution in [-0.2, 0) is 11.3 Å². The highest BCUT2D eigenvalue weighted by atomic mass is 32.1. The molecular formula is C25H31N3O3S. The van der Waals surface area contributed by atoms with Crippen LogP contribution in [0.15, 0.2) is 41.8 Å². The second kappa shape index (κ2) is 8.62. The van der Waals surface area contributed by atoms with Gasteiger partial charge in [0.05, 0.1) is 13.7 Å². The summed E-state index contributed by atoms with van der Waals surface area (Å²) in [5, 5.41) is 3.12. The molecule has 3 aromatic rings. The number of carbonyl (C=O) groups excluding carboxylic acids is 2. The molecule has 1 atom stereocenters. The van der Waals surface area contributed by atoms with E-state index in [2.05, 4.69) is 16.0 Å². The van der Waals surface area contributed by atoms with Crippen LogP contribution in [0, 0.1) is 5.41 Å². The first-order valence-corrected chi connectivity index (χ1v) is 11.9. The van der Waals surface area contributed by atoms with Gasteiger partial charge >= 0.3 is 0 Å². The standard InChI is InChI=1S/C25H31N3O3S/c1-17-15-26(11-12-27(17)24(30)25(2,3)4)22(29)20-14-18-10-13-32-23(18)28(20)16-19-8-6-7-9-21(19)31-5/h6-10,13-14,17H,11-12,15-16H2,1-5H3/t17-/m0/s1. The van der Waals surface area contributed by atoms with E-state index < -0.39 is 5.41 Å². The van der Waals surface area contributed by atoms with Crippen molar-refractivity contribution in [2.45, 2.75) is 40.3 Å². The number of amides is 2. The Bertz CT molecular complexity index is 1140. The number of thiophene rings is 1. The molecule has 0 saturated carbocycles. The lowest BCUT2D eigenvalue weighted by Crippen LogP contribution is -2.57. The number of rotatable bonds is 4. The van der Waals surface area contributed by atoms with Gasteiger partial charge in [0.15, 0.2) is 0 Å². The Balaban J connectivity index is 1.60. The molecule has 7 heteroatoms. The Hall–Kier alpha value is -2.80. The molecule has 1 fully saturated rings. The molecular weight excluding hydrogens is 422 g/mol. The molecule has 0 spiro atoms. The molecule has 2 amide bonds. The van der Waals surface area contributed by atoms with Crippen LogP contribution in [0.2, 0.25) is 0 Å². The number of hydrogen-bond donors (Lipinski definition) is 0. The number of carbonyl (C=O) groups is 2. The zero-order valence-electron chi connectivity index (χ0n) is 19.4. The summed E-state index contributed by atoms with van der Waals surface area (Å²) < 4.78 is 7.63. The van der Waals surface area contributed by atoms with Gasteiger partial charge in [0.1, 0.15) is 16.3 Å². The molecule has 3 heterocycles. The van der Waals surface area contributed by atoms with E-state index in [4.69, 9.17) is 4.74 Å². The highest BCUT2D eigenvalue weighted by Crippen LogP contribution is 2.30. The van der Waals surface area contributed by atoms with E-state index in [9.17, 15) is 9.59 Å². The third-order valence-electron chi connectivity index (χ3n) is 6.06. The maximum atomic E-state index is 13.6. The average molecular weight is 454 g/mol. The maximum Gasteiger partial charge on any atom is 0.270 e. The van der Waals surface area contributed by atoms with E-state index in [0.29, 0.717) is 31.9 Å². The van der Waals surface area contributed by atoms with Crippen molar-refractivity contribution in [2.75, 3.05) is 26.7 Å². The van der Waals surface area contributed by atoms with Crippen molar-refractivity contribution in [1.82, 2.24) is 14.4 Å². The second-order valence-electron chi connectivity index (χ2n) is 9.46. The normalized spacial score (nSPS) is 17.1. The quantitative estimate of drug-likeness (QED) is 0.585. The summed E-state index contributed by atoms with van der Waals surface area (Å²) in [5.41, 5.74) is 1.29. The predicted octanol–water partition coefficient (Wildman–Crippen LogP) is 4.48. The average Bonchev–Trinajstić information content (AvgIpc) is 3.35. The molecule has 170 valence electrons. The van der Waals surface area contributed by atoms with Crippen LogP contribution in [0.1, 0.15) is 43.7 Å². The van der Waals surface area contributed by atoms with Gasteiger partial charge in [-0.15, -0.1) is 11.3 Å². The summed E-state index contributed by atoms with van der Waals surface area (Å²) in [6.07, 6.45) is 0. The van der Waals surface area contributed by atoms with Gasteiger partial charge in [0.25, 0.3) is 5.91 Å². The summed E-state index contributed by atoms with van der Waals surface area (Å²) in [7, 11) is 1.67. The number of aromatic nitrogens is 1. The fraction of sp³-hybridized carbons (Fsp3) is 0.440. The Morgan fingerprint density at radius 1 is 1.16 bits per heavy atom. The van der Waals surface area contributed by atoms with E-state index in [1.165, 1.54) is 0 Å². The first-order chi connectivity index (χ1) is 15.2. The van der Waals surface area contributed by atoms with Crippen LogP contribution >= 0.6 is 11.3 Å². The third kappa shape index (κ3) is 4.13. The number of ether oxygens (including phenoxy) is 1. The van der Waals surface area contributed by atoms with Crippen molar-refractivity contribution >= 4 is 33.4 Å². The third-order valence-corrected chi connectivity index (χ3v) is 7.01. The molecule has 0 N–H and O–H groups in total. The Morgan fingerprint density at radius 3 is 2.59 bits per heavy atom. The van der Waals surface area contributed by atoms with Gasteiger partial charge in [0, 0.05) is 42.0 Å². The smallest absolute Gasteiger partial charge is 0.270 e. The molecule has 0 unspecified atom stereocenters. The summed E-state index contributed by atoms with van der Waals surface area (Å²) in [4.78, 5) is 31.3. The molecule has 0 aliphatic carbocycles. The van der Waals surface area contributed by atoms with Crippen LogP contribution in [0.3, 0.4) is 0 Å². The van der Waals surface area contributed by atoms with E-state index in [0.717, 1.165) is 21.5 Å². The molecule has 1 aromatic carbocycles. The monoisotopic (exact) mass is 453 g/mol. The number of hydrogen-bond acceptors (Lipinski definition) is 4. The zero-order chi connectivity index (χ0) is 23.0. The van der Waals surface area contributed by atoms with Gasteiger partial charge in [-0.3, -0.25) is 9.59 Å². The van der Waals surface area contributed by atoms with Gasteiger partial charge in [-0.2, -0.15) is 0 Å². The van der Waals surface area contributed by atoms with E-state index >= 15 is 0 Å². The SMILES string of the molecule is COc1ccccc1Cn1c(C(=O)N2CCN(C(=O)C(C)(C)C)[C@@H](C)C2)cc2ccsc21. The lowest BCUT2D eigenvalue weighted by Gasteiger charge is -2.42. The van der Waals surface area contributed by atoms with Crippen LogP contribution in [-0.4, -0.2) is 59.0 Å². The topological polar surface area (TPSA) is 54.8 Å². The summed E-state index contributed by atoms with van der Waals surface area (Å²) in [6, 6.07) is 11.9. The molecule has 1 aliphatic rings. The highest BCUT2D eigenvalue weighted by molar-refractivity contribution is 7.16. The Labute approximate surface area is 193 Å². The van der Waals surface area contributed by atoms with Crippen LogP contribution in [0.25, 0.3) is 10.2 Å². The number of fused-ring (bicyclic) bond motifs is 1. The molecule has 1 saturated heterocycles. The summed E-state index contributed by atoms with van der Waals surface area (Å²) in [6.45, 7) is 10.0. The van der Waals surface area contributed by atoms with Crippen molar-refractivity contribution < 1.29 is 14.3 Å². The van der Waals surface area contributed by atoms with Crippen LogP contribution < -0.4 is 4.74 Å². The minimum Gasteiger partial charge on any atom is -0.496 e. The van der Waals surface area contributed by atoms with Crippen molar-refractivity contribution in [3.05, 3.63) is 53.0 Å². The zero-order valence-corrected chi connectivity index (χ0v) is 20.2. The number of para-hydroxylation sites is 1. The van der Waals surface area contributed by atoms with Gasteiger partial charge in [-0.25, -0.2) is 0 Å². The van der Waals surface area contributed by atoms with Gasteiger partial charge in [-0.05, 0) is 30.5 Å². The highest BCUT2D eigenvalue weighted by Gasteiger charge is 2.35. The van der Waals surface area contributed by atoms with Crippen molar-refractivity contribution in [2.24, 2.45) is 5.41 Å². The van der Waals surface area contributed by atoms with E-state index in [-0.39, 0.29) is 17.9 Å². The van der Waals surface area contributed by atoms with Crippen LogP contribution in [0.4, 0.5) is 0 Å². The lowest BCUT2D eigenvalue weighted by molar-refractivity contribution is -0.143. The fourth-order valence-electron chi connectivity index (χ4n) is 4.35. The number of nitrogens with zero attached hydrogens (tertiary/aromatic N) is 3. The van der Waals surface area contributed by atoms with Gasteiger partial charge in [0.2, 0.25) is 5.91 Å². The van der Waals surface area contributed by atoms with E-state index in [1.807, 2.05) is 67.8 Å². The second-order valence-corrected chi connectivity index (χ2v) is 10.4. The maximum absolute atomic E-state index is 13.6. The molecule has 1 aliphatic heterocycles. The fourth-order valence-corrected chi connectivity index (χ4v) is 5.25. The molecule has 0 radical (unpaired) electrons. The Morgan fingerprint density at radius 2 is 1.91 bits per heavy atom. The lowest BCUT2D eigenvalue weighted by atomic mass is 9.93. The van der Waals surface area contributed by atoms with Gasteiger partial charge in [-0.1, -0.05) is 39.0 Å². The van der Waals surface area contributed by atoms with Crippen molar-refractivity contribution in [3.63, 3.8) is 0 Å². The van der Waals surface area contributed by atoms with Crippen molar-refractivity contribution in [1.29, 1.82) is 0 Å². The largest absolute Gasteiger partial charge is 0.496 e. The predicted molar refractivity (Wildman–Crippen MR) is 128 cm³/mol. The van der Waals surface area contributed by atoms with Crippen LogP contribution in [0.5, 0.6) is 5.75 Å². The minimum atomic E-state index is -0.422. The Kier molecular flexibility index (Phi) is 6.03. The first kappa shape index (κ1) is 22.4. The minimum absolute atomic E-state index is 0.0120. The number of benzene rings is 1. The first-order valence-electron chi connectivity index (χ1n) is 11.0.